The molecule has 0 amide bonds. The zero-order chi connectivity index (χ0) is 17.3. The van der Waals surface area contributed by atoms with E-state index < -0.39 is 11.9 Å². The molecule has 2 heterocycles. The van der Waals surface area contributed by atoms with E-state index in [4.69, 9.17) is 11.6 Å². The molecule has 3 rings (SSSR count). The van der Waals surface area contributed by atoms with Crippen molar-refractivity contribution in [3.05, 3.63) is 52.9 Å². The minimum Gasteiger partial charge on any atom is -0.353 e. The van der Waals surface area contributed by atoms with Crippen LogP contribution in [0.2, 0.25) is 5.02 Å². The first-order valence-corrected chi connectivity index (χ1v) is 7.79. The molecule has 0 N–H and O–H groups in total. The molecule has 1 aromatic heterocycles. The second-order valence-corrected chi connectivity index (χ2v) is 6.30. The van der Waals surface area contributed by atoms with Crippen molar-refractivity contribution in [1.29, 1.82) is 0 Å². The highest BCUT2D eigenvalue weighted by molar-refractivity contribution is 6.30. The number of hydrogen-bond acceptors (Lipinski definition) is 4. The molecule has 1 aliphatic heterocycles. The summed E-state index contributed by atoms with van der Waals surface area (Å²) in [5, 5.41) is 0.691. The van der Waals surface area contributed by atoms with Crippen LogP contribution in [-0.2, 0) is 12.7 Å². The Balaban J connectivity index is 1.59. The third kappa shape index (κ3) is 3.79. The predicted octanol–water partition coefficient (Wildman–Crippen LogP) is 3.47. The molecule has 0 atom stereocenters. The van der Waals surface area contributed by atoms with Crippen LogP contribution in [0.4, 0.5) is 19.0 Å². The van der Waals surface area contributed by atoms with Crippen molar-refractivity contribution in [3.63, 3.8) is 0 Å². The topological polar surface area (TPSA) is 32.3 Å². The van der Waals surface area contributed by atoms with Crippen molar-refractivity contribution in [3.8, 4) is 0 Å². The second kappa shape index (κ2) is 6.57. The molecule has 0 unspecified atom stereocenters. The van der Waals surface area contributed by atoms with Crippen molar-refractivity contribution in [1.82, 2.24) is 14.9 Å². The molecule has 8 heteroatoms. The fraction of sp³-hybridized carbons (Fsp3) is 0.375. The summed E-state index contributed by atoms with van der Waals surface area (Å²) >= 11 is 5.98. The van der Waals surface area contributed by atoms with Gasteiger partial charge < -0.3 is 4.90 Å². The molecular weight excluding hydrogens is 341 g/mol. The summed E-state index contributed by atoms with van der Waals surface area (Å²) in [7, 11) is 1.99. The molecule has 1 aromatic carbocycles. The van der Waals surface area contributed by atoms with Crippen molar-refractivity contribution in [2.24, 2.45) is 0 Å². The van der Waals surface area contributed by atoms with Crippen molar-refractivity contribution in [2.75, 3.05) is 25.0 Å². The molecule has 0 bridgehead atoms. The maximum absolute atomic E-state index is 12.7. The van der Waals surface area contributed by atoms with Gasteiger partial charge in [-0.2, -0.15) is 13.2 Å². The lowest BCUT2D eigenvalue weighted by Gasteiger charge is -2.44. The van der Waals surface area contributed by atoms with Gasteiger partial charge >= 0.3 is 6.18 Å². The smallest absolute Gasteiger partial charge is 0.353 e. The van der Waals surface area contributed by atoms with Crippen LogP contribution in [-0.4, -0.2) is 41.0 Å². The first-order valence-electron chi connectivity index (χ1n) is 7.42. The minimum absolute atomic E-state index is 0.258. The molecule has 0 saturated carbocycles. The van der Waals surface area contributed by atoms with Gasteiger partial charge in [0.05, 0.1) is 0 Å². The Hall–Kier alpha value is -1.86. The lowest BCUT2D eigenvalue weighted by Crippen LogP contribution is -2.58. The third-order valence-corrected chi connectivity index (χ3v) is 4.31. The van der Waals surface area contributed by atoms with Crippen molar-refractivity contribution < 1.29 is 13.2 Å². The summed E-state index contributed by atoms with van der Waals surface area (Å²) in [4.78, 5) is 11.2. The average molecular weight is 357 g/mol. The molecule has 4 nitrogen and oxygen atoms in total. The van der Waals surface area contributed by atoms with Crippen LogP contribution >= 0.6 is 11.6 Å². The number of benzene rings is 1. The first kappa shape index (κ1) is 17.0. The number of hydrogen-bond donors (Lipinski definition) is 0. The van der Waals surface area contributed by atoms with Gasteiger partial charge in [0.1, 0.15) is 17.8 Å². The molecule has 24 heavy (non-hydrogen) atoms. The van der Waals surface area contributed by atoms with E-state index >= 15 is 0 Å². The fourth-order valence-electron chi connectivity index (χ4n) is 2.65. The fourth-order valence-corrected chi connectivity index (χ4v) is 2.86. The van der Waals surface area contributed by atoms with Gasteiger partial charge in [0, 0.05) is 36.8 Å². The number of rotatable bonds is 4. The Bertz CT molecular complexity index is 716. The normalized spacial score (nSPS) is 15.7. The summed E-state index contributed by atoms with van der Waals surface area (Å²) in [5.74, 6) is 0.310. The van der Waals surface area contributed by atoms with Crippen LogP contribution < -0.4 is 4.90 Å². The van der Waals surface area contributed by atoms with Gasteiger partial charge in [-0.25, -0.2) is 9.97 Å². The number of anilines is 1. The predicted molar refractivity (Wildman–Crippen MR) is 86.0 cm³/mol. The van der Waals surface area contributed by atoms with E-state index in [2.05, 4.69) is 14.9 Å². The molecule has 0 spiro atoms. The van der Waals surface area contributed by atoms with Gasteiger partial charge in [-0.3, -0.25) is 4.90 Å². The highest BCUT2D eigenvalue weighted by atomic mass is 35.5. The monoisotopic (exact) mass is 356 g/mol. The van der Waals surface area contributed by atoms with Crippen LogP contribution in [0.5, 0.6) is 0 Å². The summed E-state index contributed by atoms with van der Waals surface area (Å²) in [6.07, 6.45) is -3.49. The lowest BCUT2D eigenvalue weighted by molar-refractivity contribution is -0.141. The molecule has 128 valence electrons. The molecule has 1 fully saturated rings. The van der Waals surface area contributed by atoms with E-state index in [1.54, 1.807) is 0 Å². The van der Waals surface area contributed by atoms with Crippen LogP contribution in [0.15, 0.2) is 36.7 Å². The van der Waals surface area contributed by atoms with Crippen LogP contribution in [0, 0.1) is 0 Å². The Labute approximate surface area is 142 Å². The number of halogens is 4. The highest BCUT2D eigenvalue weighted by Crippen LogP contribution is 2.30. The third-order valence-electron chi connectivity index (χ3n) is 4.07. The maximum Gasteiger partial charge on any atom is 0.433 e. The van der Waals surface area contributed by atoms with Crippen molar-refractivity contribution >= 4 is 17.4 Å². The number of aromatic nitrogens is 2. The molecule has 0 aliphatic carbocycles. The van der Waals surface area contributed by atoms with Crippen molar-refractivity contribution in [2.45, 2.75) is 18.8 Å². The first-order chi connectivity index (χ1) is 11.3. The molecule has 2 aromatic rings. The summed E-state index contributed by atoms with van der Waals surface area (Å²) in [6, 6.07) is 8.88. The Morgan fingerprint density at radius 3 is 2.67 bits per heavy atom. The number of alkyl halides is 3. The highest BCUT2D eigenvalue weighted by Gasteiger charge is 2.35. The van der Waals surface area contributed by atoms with E-state index in [1.807, 2.05) is 36.2 Å². The lowest BCUT2D eigenvalue weighted by atomic mass is 10.1. The van der Waals surface area contributed by atoms with E-state index in [0.29, 0.717) is 23.9 Å². The standard InChI is InChI=1S/C16H16ClF3N4/c1-23(7-11-3-2-4-12(17)5-11)13-8-24(9-13)15-6-14(16(18,19)20)21-10-22-15/h2-6,10,13H,7-9H2,1H3. The van der Waals surface area contributed by atoms with E-state index in [-0.39, 0.29) is 6.04 Å². The summed E-state index contributed by atoms with van der Waals surface area (Å²) in [5.41, 5.74) is 0.188. The van der Waals surface area contributed by atoms with Gasteiger partial charge in [0.25, 0.3) is 0 Å². The molecule has 1 saturated heterocycles. The molecular formula is C16H16ClF3N4. The van der Waals surface area contributed by atoms with Crippen LogP contribution in [0.3, 0.4) is 0 Å². The number of nitrogens with zero attached hydrogens (tertiary/aromatic N) is 4. The largest absolute Gasteiger partial charge is 0.433 e. The Morgan fingerprint density at radius 1 is 1.25 bits per heavy atom. The zero-order valence-corrected chi connectivity index (χ0v) is 13.7. The quantitative estimate of drug-likeness (QED) is 0.839. The zero-order valence-electron chi connectivity index (χ0n) is 13.0. The van der Waals surface area contributed by atoms with Gasteiger partial charge in [-0.1, -0.05) is 23.7 Å². The molecule has 1 aliphatic rings. The van der Waals surface area contributed by atoms with Gasteiger partial charge in [-0.05, 0) is 24.7 Å². The molecule has 0 radical (unpaired) electrons. The van der Waals surface area contributed by atoms with E-state index in [1.165, 1.54) is 0 Å². The summed E-state index contributed by atoms with van der Waals surface area (Å²) in [6.45, 7) is 1.99. The van der Waals surface area contributed by atoms with Gasteiger partial charge in [-0.15, -0.1) is 0 Å². The van der Waals surface area contributed by atoms with Crippen LogP contribution in [0.1, 0.15) is 11.3 Å². The van der Waals surface area contributed by atoms with Crippen LogP contribution in [0.25, 0.3) is 0 Å². The maximum atomic E-state index is 12.7. The second-order valence-electron chi connectivity index (χ2n) is 5.86. The average Bonchev–Trinajstić information content (AvgIpc) is 2.45. The minimum atomic E-state index is -4.45. The SMILES string of the molecule is CN(Cc1cccc(Cl)c1)C1CN(c2cc(C(F)(F)F)ncn2)C1. The van der Waals surface area contributed by atoms with E-state index in [0.717, 1.165) is 24.5 Å². The Morgan fingerprint density at radius 2 is 2.00 bits per heavy atom. The summed E-state index contributed by atoms with van der Waals surface area (Å²) < 4.78 is 38.1. The Kier molecular flexibility index (Phi) is 4.64. The van der Waals surface area contributed by atoms with E-state index in [9.17, 15) is 13.2 Å². The number of likely N-dealkylation sites (N-methyl/N-ethyl adjacent to an activating group) is 1. The van der Waals surface area contributed by atoms with Gasteiger partial charge in [0.2, 0.25) is 0 Å². The van der Waals surface area contributed by atoms with Gasteiger partial charge in [0.15, 0.2) is 0 Å².